The second-order valence-electron chi connectivity index (χ2n) is 9.23. The van der Waals surface area contributed by atoms with Crippen LogP contribution in [0.4, 0.5) is 5.69 Å². The Morgan fingerprint density at radius 1 is 1.09 bits per heavy atom. The molecule has 0 fully saturated rings. The maximum absolute atomic E-state index is 13.5. The normalized spacial score (nSPS) is 12.7. The van der Waals surface area contributed by atoms with Crippen LogP contribution >= 0.6 is 23.2 Å². The highest BCUT2D eigenvalue weighted by atomic mass is 35.5. The second kappa shape index (κ2) is 11.0. The highest BCUT2D eigenvalue weighted by Gasteiger charge is 2.32. The zero-order chi connectivity index (χ0) is 25.8. The van der Waals surface area contributed by atoms with Gasteiger partial charge in [0.15, 0.2) is 0 Å². The Hall–Kier alpha value is -2.29. The number of rotatable bonds is 8. The van der Waals surface area contributed by atoms with Gasteiger partial charge in [0.1, 0.15) is 12.6 Å². The fraction of sp³-hybridized carbons (Fsp3) is 0.417. The van der Waals surface area contributed by atoms with Crippen molar-refractivity contribution in [2.24, 2.45) is 0 Å². The first kappa shape index (κ1) is 28.0. The van der Waals surface area contributed by atoms with E-state index in [0.29, 0.717) is 26.9 Å². The van der Waals surface area contributed by atoms with Crippen molar-refractivity contribution in [3.8, 4) is 0 Å². The minimum atomic E-state index is -3.82. The lowest BCUT2D eigenvalue weighted by molar-refractivity contribution is -0.140. The van der Waals surface area contributed by atoms with Gasteiger partial charge in [-0.15, -0.1) is 0 Å². The Labute approximate surface area is 212 Å². The fourth-order valence-electron chi connectivity index (χ4n) is 3.36. The third kappa shape index (κ3) is 7.61. The molecule has 0 aromatic heterocycles. The minimum Gasteiger partial charge on any atom is -0.350 e. The molecule has 34 heavy (non-hydrogen) atoms. The summed E-state index contributed by atoms with van der Waals surface area (Å²) < 4.78 is 26.3. The highest BCUT2D eigenvalue weighted by Crippen LogP contribution is 2.26. The van der Waals surface area contributed by atoms with Crippen molar-refractivity contribution in [2.75, 3.05) is 17.1 Å². The maximum Gasteiger partial charge on any atom is 0.244 e. The van der Waals surface area contributed by atoms with Crippen LogP contribution in [0.25, 0.3) is 0 Å². The Bertz CT molecular complexity index is 1160. The van der Waals surface area contributed by atoms with E-state index >= 15 is 0 Å². The first-order valence-electron chi connectivity index (χ1n) is 10.7. The number of sulfonamides is 1. The number of carbonyl (C=O) groups excluding carboxylic acids is 2. The Balaban J connectivity index is 2.45. The summed E-state index contributed by atoms with van der Waals surface area (Å²) in [5, 5.41) is 3.77. The van der Waals surface area contributed by atoms with Crippen LogP contribution in [0.3, 0.4) is 0 Å². The van der Waals surface area contributed by atoms with Crippen molar-refractivity contribution in [1.29, 1.82) is 0 Å². The Morgan fingerprint density at radius 2 is 1.71 bits per heavy atom. The summed E-state index contributed by atoms with van der Waals surface area (Å²) in [6, 6.07) is 10.9. The van der Waals surface area contributed by atoms with E-state index in [1.165, 1.54) is 4.90 Å². The number of anilines is 1. The molecule has 1 atom stereocenters. The number of benzene rings is 2. The van der Waals surface area contributed by atoms with Gasteiger partial charge in [-0.2, -0.15) is 0 Å². The number of hydrogen-bond acceptors (Lipinski definition) is 4. The van der Waals surface area contributed by atoms with E-state index in [1.54, 1.807) is 56.3 Å². The van der Waals surface area contributed by atoms with Crippen LogP contribution in [-0.4, -0.2) is 49.5 Å². The van der Waals surface area contributed by atoms with Crippen molar-refractivity contribution >= 4 is 50.7 Å². The number of aryl methyl sites for hydroxylation is 1. The lowest BCUT2D eigenvalue weighted by Gasteiger charge is -2.33. The van der Waals surface area contributed by atoms with E-state index in [2.05, 4.69) is 5.32 Å². The summed E-state index contributed by atoms with van der Waals surface area (Å²) in [7, 11) is -3.82. The summed E-state index contributed by atoms with van der Waals surface area (Å²) in [5.41, 5.74) is 1.07. The molecule has 7 nitrogen and oxygen atoms in total. The second-order valence-corrected chi connectivity index (χ2v) is 12.0. The van der Waals surface area contributed by atoms with Crippen molar-refractivity contribution < 1.29 is 18.0 Å². The highest BCUT2D eigenvalue weighted by molar-refractivity contribution is 7.92. The van der Waals surface area contributed by atoms with E-state index in [0.717, 1.165) is 10.6 Å². The van der Waals surface area contributed by atoms with Gasteiger partial charge in [0.2, 0.25) is 21.8 Å². The lowest BCUT2D eigenvalue weighted by Crippen LogP contribution is -2.54. The molecule has 0 aliphatic carbocycles. The van der Waals surface area contributed by atoms with Gasteiger partial charge in [-0.25, -0.2) is 8.42 Å². The van der Waals surface area contributed by atoms with Gasteiger partial charge in [0.25, 0.3) is 0 Å². The number of hydrogen-bond donors (Lipinski definition) is 1. The van der Waals surface area contributed by atoms with Crippen LogP contribution in [0.1, 0.15) is 38.8 Å². The third-order valence-corrected chi connectivity index (χ3v) is 6.80. The molecule has 2 amide bonds. The quantitative estimate of drug-likeness (QED) is 0.551. The third-order valence-electron chi connectivity index (χ3n) is 5.07. The molecule has 0 radical (unpaired) electrons. The Morgan fingerprint density at radius 3 is 2.24 bits per heavy atom. The van der Waals surface area contributed by atoms with E-state index < -0.39 is 34.1 Å². The van der Waals surface area contributed by atoms with Crippen molar-refractivity contribution in [3.05, 3.63) is 63.6 Å². The van der Waals surface area contributed by atoms with E-state index in [1.807, 2.05) is 20.8 Å². The van der Waals surface area contributed by atoms with Crippen LogP contribution in [-0.2, 0) is 26.2 Å². The lowest BCUT2D eigenvalue weighted by atomic mass is 10.1. The molecule has 0 saturated carbocycles. The smallest absolute Gasteiger partial charge is 0.244 e. The van der Waals surface area contributed by atoms with Crippen LogP contribution in [0, 0.1) is 6.92 Å². The van der Waals surface area contributed by atoms with Gasteiger partial charge in [-0.3, -0.25) is 13.9 Å². The SMILES string of the molecule is Cc1cc(Cl)ccc1N(CC(=O)N(Cc1ccccc1Cl)[C@H](C)C(=O)NC(C)(C)C)S(C)(=O)=O. The van der Waals surface area contributed by atoms with Gasteiger partial charge in [-0.1, -0.05) is 41.4 Å². The molecule has 0 unspecified atom stereocenters. The number of carbonyl (C=O) groups is 2. The predicted octanol–water partition coefficient (Wildman–Crippen LogP) is 4.40. The van der Waals surface area contributed by atoms with Gasteiger partial charge in [0, 0.05) is 22.1 Å². The molecule has 186 valence electrons. The van der Waals surface area contributed by atoms with Crippen LogP contribution in [0.15, 0.2) is 42.5 Å². The molecule has 0 aliphatic rings. The summed E-state index contributed by atoms with van der Waals surface area (Å²) in [5.74, 6) is -0.905. The maximum atomic E-state index is 13.5. The zero-order valence-electron chi connectivity index (χ0n) is 20.2. The monoisotopic (exact) mass is 527 g/mol. The summed E-state index contributed by atoms with van der Waals surface area (Å²) >= 11 is 12.3. The predicted molar refractivity (Wildman–Crippen MR) is 138 cm³/mol. The number of nitrogens with zero attached hydrogens (tertiary/aromatic N) is 2. The van der Waals surface area contributed by atoms with E-state index in [9.17, 15) is 18.0 Å². The number of halogens is 2. The molecule has 2 aromatic rings. The number of nitrogens with one attached hydrogen (secondary N) is 1. The van der Waals surface area contributed by atoms with Crippen molar-refractivity contribution in [2.45, 2.75) is 52.7 Å². The van der Waals surface area contributed by atoms with Crippen LogP contribution in [0.2, 0.25) is 10.0 Å². The molecular formula is C24H31Cl2N3O4S. The summed E-state index contributed by atoms with van der Waals surface area (Å²) in [6.07, 6.45) is 1.03. The first-order chi connectivity index (χ1) is 15.6. The van der Waals surface area contributed by atoms with Gasteiger partial charge >= 0.3 is 0 Å². The van der Waals surface area contributed by atoms with Crippen LogP contribution < -0.4 is 9.62 Å². The van der Waals surface area contributed by atoms with Gasteiger partial charge < -0.3 is 10.2 Å². The molecule has 2 rings (SSSR count). The number of amides is 2. The van der Waals surface area contributed by atoms with Crippen molar-refractivity contribution in [3.63, 3.8) is 0 Å². The minimum absolute atomic E-state index is 0.0361. The van der Waals surface area contributed by atoms with Gasteiger partial charge in [0.05, 0.1) is 11.9 Å². The average molecular weight is 529 g/mol. The average Bonchev–Trinajstić information content (AvgIpc) is 2.69. The largest absolute Gasteiger partial charge is 0.350 e. The summed E-state index contributed by atoms with van der Waals surface area (Å²) in [6.45, 7) is 8.39. The van der Waals surface area contributed by atoms with Crippen molar-refractivity contribution in [1.82, 2.24) is 10.2 Å². The first-order valence-corrected chi connectivity index (χ1v) is 13.3. The molecular weight excluding hydrogens is 497 g/mol. The molecule has 1 N–H and O–H groups in total. The zero-order valence-corrected chi connectivity index (χ0v) is 22.6. The molecule has 2 aromatic carbocycles. The molecule has 0 saturated heterocycles. The molecule has 10 heteroatoms. The molecule has 0 bridgehead atoms. The summed E-state index contributed by atoms with van der Waals surface area (Å²) in [4.78, 5) is 27.8. The fourth-order valence-corrected chi connectivity index (χ4v) is 4.69. The molecule has 0 heterocycles. The van der Waals surface area contributed by atoms with Gasteiger partial charge in [-0.05, 0) is 70.0 Å². The topological polar surface area (TPSA) is 86.8 Å². The molecule has 0 aliphatic heterocycles. The van der Waals surface area contributed by atoms with Crippen LogP contribution in [0.5, 0.6) is 0 Å². The van der Waals surface area contributed by atoms with E-state index in [-0.39, 0.29) is 12.5 Å². The molecule has 0 spiro atoms. The standard InChI is InChI=1S/C24H31Cl2N3O4S/c1-16-13-19(25)11-12-21(16)29(34(6,32)33)15-22(30)28(14-18-9-7-8-10-20(18)26)17(2)23(31)27-24(3,4)5/h7-13,17H,14-15H2,1-6H3,(H,27,31)/t17-/m1/s1. The Kier molecular flexibility index (Phi) is 9.02. The van der Waals surface area contributed by atoms with E-state index in [4.69, 9.17) is 23.2 Å².